The first kappa shape index (κ1) is 17.6. The molecule has 23 heavy (non-hydrogen) atoms. The van der Waals surface area contributed by atoms with E-state index in [0.29, 0.717) is 19.5 Å². The van der Waals surface area contributed by atoms with E-state index in [2.05, 4.69) is 17.1 Å². The molecule has 0 unspecified atom stereocenters. The first-order valence-electron chi connectivity index (χ1n) is 7.98. The van der Waals surface area contributed by atoms with E-state index in [0.717, 1.165) is 31.7 Å². The van der Waals surface area contributed by atoms with E-state index in [1.807, 2.05) is 0 Å². The van der Waals surface area contributed by atoms with E-state index in [9.17, 15) is 13.6 Å². The largest absolute Gasteiger partial charge is 0.435 e. The summed E-state index contributed by atoms with van der Waals surface area (Å²) in [5, 5.41) is 2.92. The van der Waals surface area contributed by atoms with Gasteiger partial charge in [0.15, 0.2) is 6.54 Å². The molecule has 5 nitrogen and oxygen atoms in total. The first-order valence-corrected chi connectivity index (χ1v) is 7.98. The van der Waals surface area contributed by atoms with Crippen molar-refractivity contribution < 1.29 is 28.1 Å². The summed E-state index contributed by atoms with van der Waals surface area (Å²) in [6, 6.07) is 6.50. The zero-order valence-electron chi connectivity index (χ0n) is 13.4. The second kappa shape index (κ2) is 8.79. The second-order valence-electron chi connectivity index (χ2n) is 6.01. The topological polar surface area (TPSA) is 47.2 Å². The van der Waals surface area contributed by atoms with Crippen LogP contribution in [-0.4, -0.2) is 58.8 Å². The number of halogens is 2. The van der Waals surface area contributed by atoms with Crippen LogP contribution in [0.1, 0.15) is 5.56 Å². The van der Waals surface area contributed by atoms with Crippen molar-refractivity contribution in [3.8, 4) is 5.75 Å². The summed E-state index contributed by atoms with van der Waals surface area (Å²) in [4.78, 5) is 14.8. The number of rotatable bonds is 7. The highest BCUT2D eigenvalue weighted by atomic mass is 19.3. The molecule has 1 fully saturated rings. The van der Waals surface area contributed by atoms with Gasteiger partial charge in [-0.15, -0.1) is 0 Å². The predicted molar refractivity (Wildman–Crippen MR) is 82.0 cm³/mol. The Morgan fingerprint density at radius 1 is 1.22 bits per heavy atom. The molecule has 1 aliphatic heterocycles. The Morgan fingerprint density at radius 3 is 2.48 bits per heavy atom. The van der Waals surface area contributed by atoms with Crippen LogP contribution < -0.4 is 19.9 Å². The van der Waals surface area contributed by atoms with Crippen molar-refractivity contribution in [2.24, 2.45) is 0 Å². The molecule has 3 N–H and O–H groups in total. The zero-order valence-corrected chi connectivity index (χ0v) is 13.4. The number of benzene rings is 1. The number of quaternary nitrogens is 2. The van der Waals surface area contributed by atoms with Crippen LogP contribution in [0.15, 0.2) is 24.3 Å². The van der Waals surface area contributed by atoms with Gasteiger partial charge in [0, 0.05) is 6.54 Å². The summed E-state index contributed by atoms with van der Waals surface area (Å²) in [5.74, 6) is 0.214. The summed E-state index contributed by atoms with van der Waals surface area (Å²) in [5.41, 5.74) is 0.975. The number of carbonyl (C=O) groups is 1. The molecule has 0 atom stereocenters. The van der Waals surface area contributed by atoms with Crippen molar-refractivity contribution in [1.29, 1.82) is 0 Å². The summed E-state index contributed by atoms with van der Waals surface area (Å²) >= 11 is 0. The Bertz CT molecular complexity index is 489. The van der Waals surface area contributed by atoms with Crippen molar-refractivity contribution in [2.45, 2.75) is 13.0 Å². The van der Waals surface area contributed by atoms with Crippen LogP contribution in [0.2, 0.25) is 0 Å². The van der Waals surface area contributed by atoms with E-state index in [-0.39, 0.29) is 11.7 Å². The molecule has 0 spiro atoms. The standard InChI is InChI=1S/C16H23F2N3O2/c1-20-8-10-21(11-9-20)12-15(22)19-7-6-13-2-4-14(5-3-13)23-16(17)18/h2-5,16H,6-12H2,1H3,(H,19,22)/p+2. The van der Waals surface area contributed by atoms with Gasteiger partial charge in [0.25, 0.3) is 5.91 Å². The third kappa shape index (κ3) is 6.50. The van der Waals surface area contributed by atoms with Crippen LogP contribution >= 0.6 is 0 Å². The van der Waals surface area contributed by atoms with Gasteiger partial charge in [-0.05, 0) is 24.1 Å². The van der Waals surface area contributed by atoms with Gasteiger partial charge in [-0.2, -0.15) is 8.78 Å². The molecule has 0 aromatic heterocycles. The number of hydrogen-bond donors (Lipinski definition) is 3. The fourth-order valence-corrected chi connectivity index (χ4v) is 2.68. The second-order valence-corrected chi connectivity index (χ2v) is 6.01. The summed E-state index contributed by atoms with van der Waals surface area (Å²) < 4.78 is 28.4. The quantitative estimate of drug-likeness (QED) is 0.562. The monoisotopic (exact) mass is 329 g/mol. The van der Waals surface area contributed by atoms with Crippen molar-refractivity contribution in [2.75, 3.05) is 46.3 Å². The van der Waals surface area contributed by atoms with E-state index in [4.69, 9.17) is 0 Å². The number of likely N-dealkylation sites (N-methyl/N-ethyl adjacent to an activating group) is 1. The summed E-state index contributed by atoms with van der Waals surface area (Å²) in [6.45, 7) is 2.54. The molecule has 2 rings (SSSR count). The normalized spacial score (nSPS) is 21.2. The highest BCUT2D eigenvalue weighted by Gasteiger charge is 2.21. The molecular weight excluding hydrogens is 304 g/mol. The van der Waals surface area contributed by atoms with Gasteiger partial charge in [-0.1, -0.05) is 12.1 Å². The predicted octanol–water partition coefficient (Wildman–Crippen LogP) is -1.64. The third-order valence-corrected chi connectivity index (χ3v) is 4.11. The summed E-state index contributed by atoms with van der Waals surface area (Å²) in [7, 11) is 2.18. The molecule has 1 amide bonds. The average molecular weight is 329 g/mol. The van der Waals surface area contributed by atoms with Crippen LogP contribution in [0.3, 0.4) is 0 Å². The highest BCUT2D eigenvalue weighted by molar-refractivity contribution is 5.76. The van der Waals surface area contributed by atoms with Crippen molar-refractivity contribution >= 4 is 5.91 Å². The zero-order chi connectivity index (χ0) is 16.7. The fraction of sp³-hybridized carbons (Fsp3) is 0.562. The minimum atomic E-state index is -2.81. The molecule has 0 bridgehead atoms. The maximum absolute atomic E-state index is 12.1. The minimum Gasteiger partial charge on any atom is -0.435 e. The van der Waals surface area contributed by atoms with Gasteiger partial charge < -0.3 is 19.9 Å². The van der Waals surface area contributed by atoms with Crippen molar-refractivity contribution in [3.05, 3.63) is 29.8 Å². The summed E-state index contributed by atoms with van der Waals surface area (Å²) in [6.07, 6.45) is 0.670. The van der Waals surface area contributed by atoms with Gasteiger partial charge in [0.05, 0.1) is 7.05 Å². The molecule has 128 valence electrons. The Hall–Kier alpha value is -1.73. The Morgan fingerprint density at radius 2 is 1.87 bits per heavy atom. The van der Waals surface area contributed by atoms with E-state index < -0.39 is 6.61 Å². The van der Waals surface area contributed by atoms with E-state index in [1.165, 1.54) is 21.9 Å². The van der Waals surface area contributed by atoms with Crippen LogP contribution in [0, 0.1) is 0 Å². The highest BCUT2D eigenvalue weighted by Crippen LogP contribution is 2.14. The first-order chi connectivity index (χ1) is 11.0. The lowest BCUT2D eigenvalue weighted by Gasteiger charge is -2.26. The minimum absolute atomic E-state index is 0.0669. The number of piperazine rings is 1. The van der Waals surface area contributed by atoms with Gasteiger partial charge in [-0.25, -0.2) is 0 Å². The SMILES string of the molecule is C[NH+]1CC[NH+](CC(=O)NCCc2ccc(OC(F)F)cc2)CC1. The number of amides is 1. The lowest BCUT2D eigenvalue weighted by molar-refractivity contribution is -1.000. The fourth-order valence-electron chi connectivity index (χ4n) is 2.68. The Balaban J connectivity index is 1.65. The van der Waals surface area contributed by atoms with E-state index >= 15 is 0 Å². The molecule has 7 heteroatoms. The number of carbonyl (C=O) groups excluding carboxylic acids is 1. The smallest absolute Gasteiger partial charge is 0.387 e. The number of alkyl halides is 2. The lowest BCUT2D eigenvalue weighted by Crippen LogP contribution is -3.27. The number of hydrogen-bond acceptors (Lipinski definition) is 2. The number of ether oxygens (including phenoxy) is 1. The lowest BCUT2D eigenvalue weighted by atomic mass is 10.1. The Kier molecular flexibility index (Phi) is 6.73. The van der Waals surface area contributed by atoms with E-state index in [1.54, 1.807) is 12.1 Å². The molecule has 1 aromatic rings. The molecule has 0 aliphatic carbocycles. The molecule has 0 saturated carbocycles. The van der Waals surface area contributed by atoms with Crippen LogP contribution in [-0.2, 0) is 11.2 Å². The maximum Gasteiger partial charge on any atom is 0.387 e. The molecule has 0 radical (unpaired) electrons. The molecule has 1 aliphatic rings. The molecular formula is C16H25F2N3O2+2. The molecule has 1 heterocycles. The maximum atomic E-state index is 12.1. The van der Waals surface area contributed by atoms with Crippen LogP contribution in [0.4, 0.5) is 8.78 Å². The molecule has 1 aromatic carbocycles. The van der Waals surface area contributed by atoms with Gasteiger partial charge in [-0.3, -0.25) is 4.79 Å². The van der Waals surface area contributed by atoms with Crippen molar-refractivity contribution in [3.63, 3.8) is 0 Å². The number of nitrogens with one attached hydrogen (secondary N) is 3. The third-order valence-electron chi connectivity index (χ3n) is 4.11. The van der Waals surface area contributed by atoms with Crippen LogP contribution in [0.5, 0.6) is 5.75 Å². The average Bonchev–Trinajstić information content (AvgIpc) is 2.51. The Labute approximate surface area is 135 Å². The van der Waals surface area contributed by atoms with Gasteiger partial charge in [0.2, 0.25) is 0 Å². The molecule has 1 saturated heterocycles. The van der Waals surface area contributed by atoms with Gasteiger partial charge >= 0.3 is 6.61 Å². The van der Waals surface area contributed by atoms with Crippen LogP contribution in [0.25, 0.3) is 0 Å². The van der Waals surface area contributed by atoms with Crippen molar-refractivity contribution in [1.82, 2.24) is 5.32 Å². The van der Waals surface area contributed by atoms with Gasteiger partial charge in [0.1, 0.15) is 31.9 Å².